The van der Waals surface area contributed by atoms with Gasteiger partial charge in [-0.15, -0.1) is 0 Å². The average Bonchev–Trinajstić information content (AvgIpc) is 2.30. The van der Waals surface area contributed by atoms with Gasteiger partial charge in [-0.2, -0.15) is 0 Å². The first-order chi connectivity index (χ1) is 8.40. The molecule has 0 radical (unpaired) electrons. The van der Waals surface area contributed by atoms with E-state index in [1.807, 2.05) is 6.07 Å². The van der Waals surface area contributed by atoms with E-state index in [1.54, 1.807) is 0 Å². The lowest BCUT2D eigenvalue weighted by atomic mass is 10.0. The van der Waals surface area contributed by atoms with Crippen LogP contribution in [0.5, 0.6) is 0 Å². The van der Waals surface area contributed by atoms with Crippen LogP contribution in [0.15, 0.2) is 18.2 Å². The molecule has 2 nitrogen and oxygen atoms in total. The van der Waals surface area contributed by atoms with E-state index in [2.05, 4.69) is 61.1 Å². The van der Waals surface area contributed by atoms with E-state index in [0.29, 0.717) is 23.7 Å². The lowest BCUT2D eigenvalue weighted by molar-refractivity contribution is -0.120. The third-order valence-electron chi connectivity index (χ3n) is 3.15. The highest BCUT2D eigenvalue weighted by Crippen LogP contribution is 2.12. The molecular formula is C15H22BrNO. The second-order valence-electron chi connectivity index (χ2n) is 5.16. The Morgan fingerprint density at radius 1 is 1.28 bits per heavy atom. The fraction of sp³-hybridized carbons (Fsp3) is 0.533. The normalized spacial score (nSPS) is 12.6. The molecule has 1 aromatic rings. The molecule has 1 amide bonds. The number of alkyl halides is 1. The fourth-order valence-corrected chi connectivity index (χ4v) is 1.77. The van der Waals surface area contributed by atoms with Gasteiger partial charge >= 0.3 is 0 Å². The molecule has 0 aromatic heterocycles. The molecule has 0 aliphatic carbocycles. The largest absolute Gasteiger partial charge is 0.355 e. The molecule has 1 atom stereocenters. The van der Waals surface area contributed by atoms with Crippen molar-refractivity contribution in [3.63, 3.8) is 0 Å². The van der Waals surface area contributed by atoms with Gasteiger partial charge in [0.2, 0.25) is 5.91 Å². The van der Waals surface area contributed by atoms with Crippen LogP contribution < -0.4 is 5.32 Å². The molecule has 1 unspecified atom stereocenters. The van der Waals surface area contributed by atoms with Crippen molar-refractivity contribution < 1.29 is 4.79 Å². The molecule has 0 fully saturated rings. The Bertz CT molecular complexity index is 415. The van der Waals surface area contributed by atoms with E-state index >= 15 is 0 Å². The van der Waals surface area contributed by atoms with Crippen molar-refractivity contribution in [2.24, 2.45) is 5.92 Å². The van der Waals surface area contributed by atoms with E-state index in [0.717, 1.165) is 5.56 Å². The Hall–Kier alpha value is -0.830. The van der Waals surface area contributed by atoms with Crippen molar-refractivity contribution >= 4 is 21.8 Å². The number of hydrogen-bond donors (Lipinski definition) is 1. The standard InChI is InChI=1S/C15H22BrNO/c1-10(2)14(16)9-17-15(18)8-13-6-5-11(3)12(4)7-13/h5-7,10,14H,8-9H2,1-4H3,(H,17,18). The van der Waals surface area contributed by atoms with Crippen LogP contribution in [0.1, 0.15) is 30.5 Å². The fourth-order valence-electron chi connectivity index (χ4n) is 1.61. The third kappa shape index (κ3) is 4.81. The van der Waals surface area contributed by atoms with Gasteiger partial charge in [0.1, 0.15) is 0 Å². The second-order valence-corrected chi connectivity index (χ2v) is 6.34. The van der Waals surface area contributed by atoms with Crippen LogP contribution in [0.4, 0.5) is 0 Å². The van der Waals surface area contributed by atoms with Crippen LogP contribution in [0.2, 0.25) is 0 Å². The summed E-state index contributed by atoms with van der Waals surface area (Å²) in [7, 11) is 0. The number of amides is 1. The summed E-state index contributed by atoms with van der Waals surface area (Å²) in [4.78, 5) is 12.1. The second kappa shape index (κ2) is 6.93. The van der Waals surface area contributed by atoms with E-state index in [-0.39, 0.29) is 5.91 Å². The van der Waals surface area contributed by atoms with E-state index in [9.17, 15) is 4.79 Å². The van der Waals surface area contributed by atoms with E-state index in [4.69, 9.17) is 0 Å². The molecule has 1 aromatic carbocycles. The van der Waals surface area contributed by atoms with E-state index in [1.165, 1.54) is 11.1 Å². The lowest BCUT2D eigenvalue weighted by Crippen LogP contribution is -2.32. The highest BCUT2D eigenvalue weighted by molar-refractivity contribution is 9.09. The van der Waals surface area contributed by atoms with Crippen LogP contribution in [0, 0.1) is 19.8 Å². The molecule has 100 valence electrons. The van der Waals surface area contributed by atoms with Gasteiger partial charge in [-0.25, -0.2) is 0 Å². The minimum absolute atomic E-state index is 0.0864. The van der Waals surface area contributed by atoms with Crippen LogP contribution >= 0.6 is 15.9 Å². The Kier molecular flexibility index (Phi) is 5.86. The monoisotopic (exact) mass is 311 g/mol. The highest BCUT2D eigenvalue weighted by Gasteiger charge is 2.11. The first-order valence-corrected chi connectivity index (χ1v) is 7.28. The molecule has 3 heteroatoms. The average molecular weight is 312 g/mol. The molecule has 0 heterocycles. The van der Waals surface area contributed by atoms with Gasteiger partial charge in [-0.3, -0.25) is 4.79 Å². The topological polar surface area (TPSA) is 29.1 Å². The number of halogens is 1. The van der Waals surface area contributed by atoms with Gasteiger partial charge in [0.05, 0.1) is 6.42 Å². The maximum atomic E-state index is 11.8. The summed E-state index contributed by atoms with van der Waals surface area (Å²) in [6.07, 6.45) is 0.457. The summed E-state index contributed by atoms with van der Waals surface area (Å²) in [5, 5.41) is 2.96. The van der Waals surface area contributed by atoms with Crippen LogP contribution in [-0.2, 0) is 11.2 Å². The molecule has 18 heavy (non-hydrogen) atoms. The number of carbonyl (C=O) groups excluding carboxylic acids is 1. The number of aryl methyl sites for hydroxylation is 2. The van der Waals surface area contributed by atoms with Gasteiger partial charge in [0.25, 0.3) is 0 Å². The molecular weight excluding hydrogens is 290 g/mol. The summed E-state index contributed by atoms with van der Waals surface area (Å²) < 4.78 is 0. The molecule has 0 spiro atoms. The first kappa shape index (κ1) is 15.2. The van der Waals surface area contributed by atoms with Crippen LogP contribution in [0.3, 0.4) is 0 Å². The SMILES string of the molecule is Cc1ccc(CC(=O)NCC(Br)C(C)C)cc1C. The Balaban J connectivity index is 2.47. The van der Waals surface area contributed by atoms with Crippen molar-refractivity contribution in [2.45, 2.75) is 38.9 Å². The summed E-state index contributed by atoms with van der Waals surface area (Å²) in [5.74, 6) is 0.607. The summed E-state index contributed by atoms with van der Waals surface area (Å²) in [6, 6.07) is 6.18. The lowest BCUT2D eigenvalue weighted by Gasteiger charge is -2.14. The van der Waals surface area contributed by atoms with E-state index < -0.39 is 0 Å². The zero-order valence-electron chi connectivity index (χ0n) is 11.6. The van der Waals surface area contributed by atoms with Crippen molar-refractivity contribution in [1.82, 2.24) is 5.32 Å². The highest BCUT2D eigenvalue weighted by atomic mass is 79.9. The maximum Gasteiger partial charge on any atom is 0.224 e. The van der Waals surface area contributed by atoms with Gasteiger partial charge in [-0.05, 0) is 36.5 Å². The first-order valence-electron chi connectivity index (χ1n) is 6.37. The van der Waals surface area contributed by atoms with Crippen molar-refractivity contribution in [2.75, 3.05) is 6.54 Å². The number of benzene rings is 1. The molecule has 0 aliphatic rings. The van der Waals surface area contributed by atoms with Gasteiger partial charge in [0.15, 0.2) is 0 Å². The molecule has 0 saturated carbocycles. The Labute approximate surface area is 118 Å². The van der Waals surface area contributed by atoms with Crippen LogP contribution in [0.25, 0.3) is 0 Å². The summed E-state index contributed by atoms with van der Waals surface area (Å²) in [5.41, 5.74) is 3.58. The quantitative estimate of drug-likeness (QED) is 0.830. The minimum Gasteiger partial charge on any atom is -0.355 e. The number of rotatable bonds is 5. The number of nitrogens with one attached hydrogen (secondary N) is 1. The number of carbonyl (C=O) groups is 1. The molecule has 0 bridgehead atoms. The number of hydrogen-bond acceptors (Lipinski definition) is 1. The maximum absolute atomic E-state index is 11.8. The summed E-state index contributed by atoms with van der Waals surface area (Å²) >= 11 is 3.56. The van der Waals surface area contributed by atoms with Crippen LogP contribution in [-0.4, -0.2) is 17.3 Å². The van der Waals surface area contributed by atoms with Crippen molar-refractivity contribution in [1.29, 1.82) is 0 Å². The predicted octanol–water partition coefficient (Wildman–Crippen LogP) is 3.38. The Morgan fingerprint density at radius 2 is 1.94 bits per heavy atom. The summed E-state index contributed by atoms with van der Waals surface area (Å²) in [6.45, 7) is 9.10. The molecule has 0 saturated heterocycles. The zero-order valence-corrected chi connectivity index (χ0v) is 13.2. The van der Waals surface area contributed by atoms with Gasteiger partial charge in [-0.1, -0.05) is 48.0 Å². The van der Waals surface area contributed by atoms with Crippen molar-refractivity contribution in [3.05, 3.63) is 34.9 Å². The molecule has 1 N–H and O–H groups in total. The smallest absolute Gasteiger partial charge is 0.224 e. The Morgan fingerprint density at radius 3 is 2.50 bits per heavy atom. The third-order valence-corrected chi connectivity index (χ3v) is 4.53. The van der Waals surface area contributed by atoms with Gasteiger partial charge in [0, 0.05) is 11.4 Å². The van der Waals surface area contributed by atoms with Crippen molar-refractivity contribution in [3.8, 4) is 0 Å². The minimum atomic E-state index is 0.0864. The zero-order chi connectivity index (χ0) is 13.7. The molecule has 1 rings (SSSR count). The predicted molar refractivity (Wildman–Crippen MR) is 80.2 cm³/mol. The van der Waals surface area contributed by atoms with Gasteiger partial charge < -0.3 is 5.32 Å². The molecule has 0 aliphatic heterocycles.